The Morgan fingerprint density at radius 2 is 2.00 bits per heavy atom. The maximum atomic E-state index is 11.1. The van der Waals surface area contributed by atoms with E-state index in [9.17, 15) is 4.79 Å². The first kappa shape index (κ1) is 12.0. The number of benzene rings is 1. The molecule has 1 aromatic carbocycles. The summed E-state index contributed by atoms with van der Waals surface area (Å²) in [5, 5.41) is 0. The lowest BCUT2D eigenvalue weighted by atomic mass is 10.1. The highest BCUT2D eigenvalue weighted by Crippen LogP contribution is 2.25. The maximum absolute atomic E-state index is 11.1. The summed E-state index contributed by atoms with van der Waals surface area (Å²) in [5.74, 6) is 0. The number of carbonyl (C=O) groups excluding carboxylic acids is 1. The largest absolute Gasteiger partial charge is 0.509 e. The van der Waals surface area contributed by atoms with Gasteiger partial charge in [-0.05, 0) is 11.6 Å². The van der Waals surface area contributed by atoms with Crippen LogP contribution in [0, 0.1) is 0 Å². The third-order valence-electron chi connectivity index (χ3n) is 3.07. The van der Waals surface area contributed by atoms with E-state index in [1.807, 2.05) is 30.3 Å². The topological polar surface area (TPSA) is 54.0 Å². The lowest BCUT2D eigenvalue weighted by Gasteiger charge is -2.26. The molecule has 1 fully saturated rings. The van der Waals surface area contributed by atoms with Crippen LogP contribution in [-0.2, 0) is 25.6 Å². The normalized spacial score (nSPS) is 28.2. The van der Waals surface area contributed by atoms with Crippen LogP contribution in [0.4, 0.5) is 4.79 Å². The first-order valence-electron chi connectivity index (χ1n) is 6.14. The molecule has 100 valence electrons. The van der Waals surface area contributed by atoms with E-state index < -0.39 is 12.3 Å². The summed E-state index contributed by atoms with van der Waals surface area (Å²) < 4.78 is 21.1. The van der Waals surface area contributed by atoms with Gasteiger partial charge in [0.1, 0.15) is 0 Å². The number of hydrogen-bond donors (Lipinski definition) is 0. The third kappa shape index (κ3) is 2.71. The van der Waals surface area contributed by atoms with Crippen molar-refractivity contribution in [2.45, 2.75) is 24.9 Å². The number of rotatable bonds is 4. The third-order valence-corrected chi connectivity index (χ3v) is 3.07. The zero-order valence-corrected chi connectivity index (χ0v) is 10.2. The van der Waals surface area contributed by atoms with Crippen molar-refractivity contribution >= 4 is 6.16 Å². The van der Waals surface area contributed by atoms with Crippen LogP contribution in [0.3, 0.4) is 0 Å². The molecule has 0 aliphatic carbocycles. The smallest absolute Gasteiger partial charge is 0.492 e. The van der Waals surface area contributed by atoms with Crippen molar-refractivity contribution in [1.82, 2.24) is 0 Å². The molecule has 2 aliphatic heterocycles. The highest BCUT2D eigenvalue weighted by molar-refractivity contribution is 5.63. The summed E-state index contributed by atoms with van der Waals surface area (Å²) in [6.07, 6.45) is 1.42. The summed E-state index contributed by atoms with van der Waals surface area (Å²) in [6.45, 7) is 0.841. The average Bonchev–Trinajstić information content (AvgIpc) is 2.81. The second-order valence-electron chi connectivity index (χ2n) is 4.42. The first-order valence-corrected chi connectivity index (χ1v) is 6.14. The van der Waals surface area contributed by atoms with E-state index in [4.69, 9.17) is 18.9 Å². The molecule has 0 radical (unpaired) electrons. The van der Waals surface area contributed by atoms with Gasteiger partial charge >= 0.3 is 6.16 Å². The number of ether oxygens (including phenoxy) is 4. The molecular formula is C14H14O5. The minimum atomic E-state index is -0.654. The van der Waals surface area contributed by atoms with Gasteiger partial charge in [0, 0.05) is 0 Å². The molecule has 0 bridgehead atoms. The van der Waals surface area contributed by atoms with Gasteiger partial charge in [-0.2, -0.15) is 0 Å². The van der Waals surface area contributed by atoms with Gasteiger partial charge in [-0.15, -0.1) is 0 Å². The zero-order chi connectivity index (χ0) is 13.1. The second-order valence-corrected chi connectivity index (χ2v) is 4.42. The van der Waals surface area contributed by atoms with Crippen molar-refractivity contribution in [2.24, 2.45) is 0 Å². The predicted octanol–water partition coefficient (Wildman–Crippen LogP) is 2.02. The Morgan fingerprint density at radius 3 is 2.84 bits per heavy atom. The molecule has 3 atom stereocenters. The highest BCUT2D eigenvalue weighted by Gasteiger charge is 2.43. The molecule has 0 amide bonds. The van der Waals surface area contributed by atoms with E-state index in [0.29, 0.717) is 13.2 Å². The van der Waals surface area contributed by atoms with Gasteiger partial charge in [0.05, 0.1) is 19.5 Å². The van der Waals surface area contributed by atoms with Gasteiger partial charge in [0.2, 0.25) is 0 Å². The van der Waals surface area contributed by atoms with Gasteiger partial charge in [-0.3, -0.25) is 0 Å². The molecule has 3 unspecified atom stereocenters. The quantitative estimate of drug-likeness (QED) is 0.777. The van der Waals surface area contributed by atoms with Gasteiger partial charge in [0.15, 0.2) is 18.3 Å². The van der Waals surface area contributed by atoms with Crippen LogP contribution >= 0.6 is 0 Å². The van der Waals surface area contributed by atoms with Crippen molar-refractivity contribution in [2.75, 3.05) is 6.61 Å². The van der Waals surface area contributed by atoms with Crippen molar-refractivity contribution in [3.63, 3.8) is 0 Å². The molecule has 5 nitrogen and oxygen atoms in total. The Kier molecular flexibility index (Phi) is 3.37. The summed E-state index contributed by atoms with van der Waals surface area (Å²) >= 11 is 0. The standard InChI is InChI=1S/C14H14O5/c15-14-18-11-6-7-17-12(13(11)19-14)9-16-8-10-4-2-1-3-5-10/h1-7,11-13H,8-9H2. The van der Waals surface area contributed by atoms with Crippen molar-refractivity contribution < 1.29 is 23.7 Å². The fraction of sp³-hybridized carbons (Fsp3) is 0.357. The fourth-order valence-corrected chi connectivity index (χ4v) is 2.12. The summed E-state index contributed by atoms with van der Waals surface area (Å²) in [7, 11) is 0. The maximum Gasteiger partial charge on any atom is 0.509 e. The Balaban J connectivity index is 1.53. The monoisotopic (exact) mass is 262 g/mol. The van der Waals surface area contributed by atoms with Crippen LogP contribution in [0.15, 0.2) is 42.7 Å². The molecule has 0 aromatic heterocycles. The van der Waals surface area contributed by atoms with E-state index in [2.05, 4.69) is 0 Å². The number of hydrogen-bond acceptors (Lipinski definition) is 5. The Morgan fingerprint density at radius 1 is 1.16 bits per heavy atom. The van der Waals surface area contributed by atoms with Crippen LogP contribution in [0.25, 0.3) is 0 Å². The average molecular weight is 262 g/mol. The predicted molar refractivity (Wildman–Crippen MR) is 65.3 cm³/mol. The molecule has 1 saturated heterocycles. The molecule has 3 rings (SSSR count). The number of carbonyl (C=O) groups is 1. The lowest BCUT2D eigenvalue weighted by Crippen LogP contribution is -2.41. The zero-order valence-electron chi connectivity index (χ0n) is 10.2. The fourth-order valence-electron chi connectivity index (χ4n) is 2.12. The Hall–Kier alpha value is -2.01. The SMILES string of the molecule is O=C1OC2C=COC(COCc3ccccc3)C2O1. The van der Waals surface area contributed by atoms with Crippen LogP contribution in [-0.4, -0.2) is 31.1 Å². The molecular weight excluding hydrogens is 248 g/mol. The molecule has 5 heteroatoms. The van der Waals surface area contributed by atoms with Crippen LogP contribution in [0.1, 0.15) is 5.56 Å². The Labute approximate surface area is 110 Å². The van der Waals surface area contributed by atoms with Crippen LogP contribution < -0.4 is 0 Å². The minimum Gasteiger partial charge on any atom is -0.492 e. The summed E-state index contributed by atoms with van der Waals surface area (Å²) in [4.78, 5) is 11.1. The molecule has 1 aromatic rings. The summed E-state index contributed by atoms with van der Waals surface area (Å²) in [5.41, 5.74) is 1.09. The molecule has 2 heterocycles. The summed E-state index contributed by atoms with van der Waals surface area (Å²) in [6, 6.07) is 9.85. The molecule has 0 saturated carbocycles. The van der Waals surface area contributed by atoms with E-state index >= 15 is 0 Å². The van der Waals surface area contributed by atoms with Crippen LogP contribution in [0.2, 0.25) is 0 Å². The highest BCUT2D eigenvalue weighted by atomic mass is 16.8. The van der Waals surface area contributed by atoms with E-state index in [1.165, 1.54) is 6.26 Å². The Bertz CT molecular complexity index is 470. The van der Waals surface area contributed by atoms with Gasteiger partial charge in [-0.25, -0.2) is 4.79 Å². The van der Waals surface area contributed by atoms with E-state index in [0.717, 1.165) is 5.56 Å². The second kappa shape index (κ2) is 5.32. The first-order chi connectivity index (χ1) is 9.33. The molecule has 0 spiro atoms. The molecule has 0 N–H and O–H groups in total. The van der Waals surface area contributed by atoms with E-state index in [-0.39, 0.29) is 12.2 Å². The van der Waals surface area contributed by atoms with Gasteiger partial charge < -0.3 is 18.9 Å². The molecule has 2 aliphatic rings. The van der Waals surface area contributed by atoms with Gasteiger partial charge in [0.25, 0.3) is 0 Å². The number of fused-ring (bicyclic) bond motifs is 1. The van der Waals surface area contributed by atoms with Gasteiger partial charge in [-0.1, -0.05) is 30.3 Å². The van der Waals surface area contributed by atoms with Crippen LogP contribution in [0.5, 0.6) is 0 Å². The van der Waals surface area contributed by atoms with Crippen molar-refractivity contribution in [1.29, 1.82) is 0 Å². The lowest BCUT2D eigenvalue weighted by molar-refractivity contribution is -0.0552. The van der Waals surface area contributed by atoms with Crippen molar-refractivity contribution in [3.8, 4) is 0 Å². The van der Waals surface area contributed by atoms with E-state index in [1.54, 1.807) is 6.08 Å². The molecule has 19 heavy (non-hydrogen) atoms. The minimum absolute atomic E-state index is 0.329. The van der Waals surface area contributed by atoms with Crippen molar-refractivity contribution in [3.05, 3.63) is 48.2 Å².